The molecule has 0 atom stereocenters. The van der Waals surface area contributed by atoms with E-state index in [0.29, 0.717) is 13.2 Å². The van der Waals surface area contributed by atoms with Crippen LogP contribution in [-0.2, 0) is 6.54 Å². The second-order valence-electron chi connectivity index (χ2n) is 8.72. The number of fused-ring (bicyclic) bond motifs is 2. The molecule has 0 bridgehead atoms. The van der Waals surface area contributed by atoms with Gasteiger partial charge >= 0.3 is 0 Å². The van der Waals surface area contributed by atoms with Gasteiger partial charge in [-0.15, -0.1) is 0 Å². The van der Waals surface area contributed by atoms with Crippen LogP contribution in [0, 0.1) is 0 Å². The number of rotatable bonds is 6. The molecule has 172 valence electrons. The predicted molar refractivity (Wildman–Crippen MR) is 137 cm³/mol. The molecule has 2 aliphatic heterocycles. The lowest BCUT2D eigenvalue weighted by Crippen LogP contribution is -2.47. The highest BCUT2D eigenvalue weighted by molar-refractivity contribution is 7.13. The monoisotopic (exact) mass is 470 g/mol. The maximum absolute atomic E-state index is 12.7. The lowest BCUT2D eigenvalue weighted by atomic mass is 10.1. The number of aromatic nitrogens is 1. The molecule has 0 N–H and O–H groups in total. The summed E-state index contributed by atoms with van der Waals surface area (Å²) in [6.45, 7) is 6.14. The quantitative estimate of drug-likeness (QED) is 0.410. The van der Waals surface area contributed by atoms with Crippen LogP contribution in [-0.4, -0.2) is 54.5 Å². The van der Waals surface area contributed by atoms with Crippen molar-refractivity contribution in [1.82, 2.24) is 9.27 Å². The molecular weight excluding hydrogens is 444 g/mol. The lowest BCUT2D eigenvalue weighted by Gasteiger charge is -2.34. The van der Waals surface area contributed by atoms with Crippen molar-refractivity contribution in [3.8, 4) is 5.75 Å². The van der Waals surface area contributed by atoms with Crippen molar-refractivity contribution in [3.63, 3.8) is 0 Å². The van der Waals surface area contributed by atoms with E-state index < -0.39 is 0 Å². The van der Waals surface area contributed by atoms with E-state index in [-0.39, 0.29) is 5.91 Å². The Morgan fingerprint density at radius 1 is 0.882 bits per heavy atom. The molecule has 3 aromatic carbocycles. The summed E-state index contributed by atoms with van der Waals surface area (Å²) in [4.78, 5) is 19.3. The minimum absolute atomic E-state index is 0.0639. The molecule has 7 heteroatoms. The third kappa shape index (κ3) is 4.02. The summed E-state index contributed by atoms with van der Waals surface area (Å²) in [6.07, 6.45) is 0. The minimum Gasteiger partial charge on any atom is -0.492 e. The number of carbonyl (C=O) groups excluding carboxylic acids is 1. The second kappa shape index (κ2) is 9.08. The number of carbonyl (C=O) groups is 1. The first kappa shape index (κ1) is 21.1. The Morgan fingerprint density at radius 3 is 2.47 bits per heavy atom. The molecule has 0 aliphatic carbocycles. The molecule has 0 spiro atoms. The predicted octanol–water partition coefficient (Wildman–Crippen LogP) is 4.66. The molecular formula is C27H26N4O2S. The van der Waals surface area contributed by atoms with Gasteiger partial charge in [-0.05, 0) is 59.6 Å². The van der Waals surface area contributed by atoms with Gasteiger partial charge in [-0.1, -0.05) is 30.3 Å². The van der Waals surface area contributed by atoms with Crippen molar-refractivity contribution in [2.24, 2.45) is 0 Å². The van der Waals surface area contributed by atoms with Crippen LogP contribution in [0.2, 0.25) is 0 Å². The molecule has 6 nitrogen and oxygen atoms in total. The summed E-state index contributed by atoms with van der Waals surface area (Å²) < 4.78 is 11.9. The standard InChI is InChI=1S/C27H26N4O2S/c32-27-23-6-2-1-5-20(23)19-31(27)21-9-11-22(12-10-21)33-18-17-29-13-15-30(16-14-29)26-24-7-3-4-8-25(24)34-28-26/h1-12H,13-19H2. The Hall–Kier alpha value is -3.42. The fourth-order valence-corrected chi connectivity index (χ4v) is 5.56. The van der Waals surface area contributed by atoms with E-state index >= 15 is 0 Å². The van der Waals surface area contributed by atoms with E-state index in [4.69, 9.17) is 9.11 Å². The molecule has 4 aromatic rings. The molecule has 1 amide bonds. The van der Waals surface area contributed by atoms with Crippen LogP contribution in [0.5, 0.6) is 5.75 Å². The summed E-state index contributed by atoms with van der Waals surface area (Å²) in [7, 11) is 0. The number of ether oxygens (including phenoxy) is 1. The van der Waals surface area contributed by atoms with E-state index in [9.17, 15) is 4.79 Å². The van der Waals surface area contributed by atoms with E-state index in [1.807, 2.05) is 53.4 Å². The van der Waals surface area contributed by atoms with E-state index in [0.717, 1.165) is 61.1 Å². The zero-order valence-corrected chi connectivity index (χ0v) is 19.7. The highest BCUT2D eigenvalue weighted by atomic mass is 32.1. The van der Waals surface area contributed by atoms with Crippen LogP contribution in [0.1, 0.15) is 15.9 Å². The average molecular weight is 471 g/mol. The summed E-state index contributed by atoms with van der Waals surface area (Å²) in [5, 5.41) is 1.26. The van der Waals surface area contributed by atoms with Gasteiger partial charge < -0.3 is 14.5 Å². The molecule has 34 heavy (non-hydrogen) atoms. The zero-order chi connectivity index (χ0) is 22.9. The summed E-state index contributed by atoms with van der Waals surface area (Å²) in [5.74, 6) is 2.02. The Kier molecular flexibility index (Phi) is 5.65. The van der Waals surface area contributed by atoms with Gasteiger partial charge in [-0.2, -0.15) is 4.37 Å². The normalized spacial score (nSPS) is 16.3. The van der Waals surface area contributed by atoms with Crippen molar-refractivity contribution in [1.29, 1.82) is 0 Å². The smallest absolute Gasteiger partial charge is 0.258 e. The molecule has 0 radical (unpaired) electrons. The van der Waals surface area contributed by atoms with E-state index in [1.54, 1.807) is 11.5 Å². The second-order valence-corrected chi connectivity index (χ2v) is 9.53. The van der Waals surface area contributed by atoms with Crippen LogP contribution in [0.15, 0.2) is 72.8 Å². The van der Waals surface area contributed by atoms with Crippen LogP contribution in [0.4, 0.5) is 11.5 Å². The molecule has 1 aromatic heterocycles. The Bertz CT molecular complexity index is 1310. The number of nitrogens with zero attached hydrogens (tertiary/aromatic N) is 4. The zero-order valence-electron chi connectivity index (χ0n) is 18.9. The summed E-state index contributed by atoms with van der Waals surface area (Å²) in [6, 6.07) is 24.1. The molecule has 6 rings (SSSR count). The van der Waals surface area contributed by atoms with Crippen molar-refractivity contribution in [2.45, 2.75) is 6.54 Å². The number of amides is 1. The van der Waals surface area contributed by atoms with Crippen molar-refractivity contribution < 1.29 is 9.53 Å². The van der Waals surface area contributed by atoms with Crippen LogP contribution in [0.25, 0.3) is 10.1 Å². The summed E-state index contributed by atoms with van der Waals surface area (Å²) >= 11 is 1.58. The van der Waals surface area contributed by atoms with Gasteiger partial charge in [0.2, 0.25) is 0 Å². The minimum atomic E-state index is 0.0639. The van der Waals surface area contributed by atoms with Gasteiger partial charge in [0, 0.05) is 49.4 Å². The fraction of sp³-hybridized carbons (Fsp3) is 0.259. The van der Waals surface area contributed by atoms with Crippen LogP contribution >= 0.6 is 11.5 Å². The Balaban J connectivity index is 0.988. The number of piperazine rings is 1. The summed E-state index contributed by atoms with van der Waals surface area (Å²) in [5.41, 5.74) is 2.78. The Morgan fingerprint density at radius 2 is 1.65 bits per heavy atom. The van der Waals surface area contributed by atoms with Crippen molar-refractivity contribution >= 4 is 39.0 Å². The molecule has 0 unspecified atom stereocenters. The first-order chi connectivity index (χ1) is 16.8. The first-order valence-electron chi connectivity index (χ1n) is 11.7. The van der Waals surface area contributed by atoms with Gasteiger partial charge in [-0.3, -0.25) is 9.69 Å². The Labute approximate surface area is 203 Å². The number of anilines is 2. The van der Waals surface area contributed by atoms with E-state index in [1.165, 1.54) is 10.1 Å². The van der Waals surface area contributed by atoms with Gasteiger partial charge in [0.15, 0.2) is 0 Å². The third-order valence-corrected chi connectivity index (χ3v) is 7.49. The van der Waals surface area contributed by atoms with Crippen LogP contribution < -0.4 is 14.5 Å². The fourth-order valence-electron chi connectivity index (χ4n) is 4.76. The highest BCUT2D eigenvalue weighted by Gasteiger charge is 2.27. The molecule has 2 aliphatic rings. The van der Waals surface area contributed by atoms with Gasteiger partial charge in [-0.25, -0.2) is 0 Å². The van der Waals surface area contributed by atoms with Crippen molar-refractivity contribution in [2.75, 3.05) is 49.1 Å². The number of hydrogen-bond donors (Lipinski definition) is 0. The maximum Gasteiger partial charge on any atom is 0.258 e. The molecule has 1 saturated heterocycles. The number of benzene rings is 3. The van der Waals surface area contributed by atoms with Gasteiger partial charge in [0.1, 0.15) is 18.2 Å². The first-order valence-corrected chi connectivity index (χ1v) is 12.5. The highest BCUT2D eigenvalue weighted by Crippen LogP contribution is 2.31. The molecule has 1 fully saturated rings. The topological polar surface area (TPSA) is 48.9 Å². The van der Waals surface area contributed by atoms with Crippen LogP contribution in [0.3, 0.4) is 0 Å². The number of hydrogen-bond acceptors (Lipinski definition) is 6. The van der Waals surface area contributed by atoms with Crippen molar-refractivity contribution in [3.05, 3.63) is 83.9 Å². The van der Waals surface area contributed by atoms with Gasteiger partial charge in [0.05, 0.1) is 11.2 Å². The maximum atomic E-state index is 12.7. The molecule has 3 heterocycles. The molecule has 0 saturated carbocycles. The third-order valence-electron chi connectivity index (χ3n) is 6.68. The van der Waals surface area contributed by atoms with Gasteiger partial charge in [0.25, 0.3) is 5.91 Å². The average Bonchev–Trinajstić information content (AvgIpc) is 3.47. The van der Waals surface area contributed by atoms with E-state index in [2.05, 4.69) is 34.1 Å². The largest absolute Gasteiger partial charge is 0.492 e. The lowest BCUT2D eigenvalue weighted by molar-refractivity contribution is 0.0996. The SMILES string of the molecule is O=C1c2ccccc2CN1c1ccc(OCCN2CCN(c3nsc4ccccc34)CC2)cc1.